The van der Waals surface area contributed by atoms with Gasteiger partial charge in [0.2, 0.25) is 11.9 Å². The Hall–Kier alpha value is -4.60. The van der Waals surface area contributed by atoms with Gasteiger partial charge in [0.05, 0.1) is 24.0 Å². The number of carbonyl (C=O) groups is 2. The Kier molecular flexibility index (Phi) is 9.79. The van der Waals surface area contributed by atoms with E-state index in [9.17, 15) is 27.2 Å². The minimum Gasteiger partial charge on any atom is -0.444 e. The van der Waals surface area contributed by atoms with Gasteiger partial charge in [-0.1, -0.05) is 18.2 Å². The number of pyridine rings is 1. The van der Waals surface area contributed by atoms with E-state index in [4.69, 9.17) is 4.74 Å². The number of fused-ring (bicyclic) bond motifs is 1. The number of anilines is 1. The summed E-state index contributed by atoms with van der Waals surface area (Å²) >= 11 is 1.18. The molecule has 2 N–H and O–H groups in total. The van der Waals surface area contributed by atoms with Gasteiger partial charge >= 0.3 is 18.3 Å². The molecule has 0 aliphatic carbocycles. The van der Waals surface area contributed by atoms with Gasteiger partial charge in [-0.15, -0.1) is 11.3 Å². The van der Waals surface area contributed by atoms with Crippen LogP contribution in [-0.2, 0) is 11.3 Å². The van der Waals surface area contributed by atoms with E-state index in [0.717, 1.165) is 17.2 Å². The Morgan fingerprint density at radius 1 is 1.13 bits per heavy atom. The monoisotopic (exact) mass is 677 g/mol. The molecule has 1 aromatic carbocycles. The van der Waals surface area contributed by atoms with Crippen molar-refractivity contribution in [1.29, 1.82) is 0 Å². The molecule has 1 aliphatic rings. The molecule has 3 amide bonds. The molecule has 10 nitrogen and oxygen atoms in total. The third-order valence-electron chi connectivity index (χ3n) is 7.05. The third kappa shape index (κ3) is 8.61. The first-order chi connectivity index (χ1) is 22.2. The highest BCUT2D eigenvalue weighted by molar-refractivity contribution is 7.22. The number of benzene rings is 1. The number of thiophene rings is 1. The second kappa shape index (κ2) is 13.6. The molecule has 0 atom stereocenters. The van der Waals surface area contributed by atoms with Crippen molar-refractivity contribution in [2.75, 3.05) is 38.0 Å². The Labute approximate surface area is 271 Å². The van der Waals surface area contributed by atoms with Crippen LogP contribution in [0.25, 0.3) is 31.8 Å². The average molecular weight is 678 g/mol. The fraction of sp³-hybridized carbons (Fsp3) is 0.387. The van der Waals surface area contributed by atoms with Crippen molar-refractivity contribution in [1.82, 2.24) is 30.1 Å². The lowest BCUT2D eigenvalue weighted by atomic mass is 10.00. The number of halogens is 5. The Morgan fingerprint density at radius 2 is 1.91 bits per heavy atom. The van der Waals surface area contributed by atoms with E-state index in [1.807, 2.05) is 0 Å². The number of urea groups is 1. The number of carbonyl (C=O) groups excluding carboxylic acids is 2. The molecule has 3 aromatic heterocycles. The van der Waals surface area contributed by atoms with Gasteiger partial charge in [-0.05, 0) is 43.4 Å². The van der Waals surface area contributed by atoms with Crippen molar-refractivity contribution in [3.05, 3.63) is 60.1 Å². The first-order valence-electron chi connectivity index (χ1n) is 14.7. The van der Waals surface area contributed by atoms with Crippen LogP contribution in [-0.4, -0.2) is 81.4 Å². The number of hydrogen-bond acceptors (Lipinski definition) is 8. The number of alkyl halides is 3. The van der Waals surface area contributed by atoms with E-state index in [2.05, 4.69) is 25.6 Å². The molecule has 250 valence electrons. The maximum Gasteiger partial charge on any atom is 0.410 e. The average Bonchev–Trinajstić information content (AvgIpc) is 3.61. The smallest absolute Gasteiger partial charge is 0.410 e. The zero-order valence-electron chi connectivity index (χ0n) is 25.8. The highest BCUT2D eigenvalue weighted by Crippen LogP contribution is 2.41. The number of nitrogens with zero attached hydrogens (tertiary/aromatic N) is 5. The topological polar surface area (TPSA) is 113 Å². The van der Waals surface area contributed by atoms with E-state index in [-0.39, 0.29) is 29.8 Å². The van der Waals surface area contributed by atoms with Gasteiger partial charge in [0.25, 0.3) is 0 Å². The fourth-order valence-corrected chi connectivity index (χ4v) is 6.09. The highest BCUT2D eigenvalue weighted by atomic mass is 32.1. The van der Waals surface area contributed by atoms with Crippen molar-refractivity contribution in [3.63, 3.8) is 0 Å². The van der Waals surface area contributed by atoms with Crippen molar-refractivity contribution in [3.8, 4) is 21.7 Å². The predicted octanol–water partition coefficient (Wildman–Crippen LogP) is 6.83. The van der Waals surface area contributed by atoms with Crippen molar-refractivity contribution >= 4 is 39.5 Å². The maximum atomic E-state index is 15.0. The van der Waals surface area contributed by atoms with Crippen LogP contribution < -0.4 is 10.6 Å². The van der Waals surface area contributed by atoms with Gasteiger partial charge in [0.15, 0.2) is 5.82 Å². The van der Waals surface area contributed by atoms with Gasteiger partial charge in [-0.3, -0.25) is 0 Å². The molecular formula is C31H32F5N7O3S. The molecule has 0 bridgehead atoms. The summed E-state index contributed by atoms with van der Waals surface area (Å²) in [4.78, 5) is 39.8. The molecule has 47 heavy (non-hydrogen) atoms. The minimum atomic E-state index is -4.53. The zero-order chi connectivity index (χ0) is 33.9. The summed E-state index contributed by atoms with van der Waals surface area (Å²) in [5.74, 6) is -1.34. The van der Waals surface area contributed by atoms with Crippen LogP contribution >= 0.6 is 11.3 Å². The fourth-order valence-electron chi connectivity index (χ4n) is 4.91. The van der Waals surface area contributed by atoms with Crippen molar-refractivity contribution in [2.24, 2.45) is 0 Å². The summed E-state index contributed by atoms with van der Waals surface area (Å²) in [6.45, 7) is 5.67. The van der Waals surface area contributed by atoms with Crippen LogP contribution in [0.4, 0.5) is 37.5 Å². The quantitative estimate of drug-likeness (QED) is 0.140. The lowest BCUT2D eigenvalue weighted by Crippen LogP contribution is -2.38. The molecule has 5 rings (SSSR count). The molecule has 1 saturated heterocycles. The molecule has 0 saturated carbocycles. The van der Waals surface area contributed by atoms with E-state index >= 15 is 4.39 Å². The molecule has 0 radical (unpaired) electrons. The van der Waals surface area contributed by atoms with Crippen LogP contribution in [0.3, 0.4) is 0 Å². The lowest BCUT2D eigenvalue weighted by Gasteiger charge is -2.28. The van der Waals surface area contributed by atoms with E-state index in [0.29, 0.717) is 52.3 Å². The highest BCUT2D eigenvalue weighted by Gasteiger charge is 2.31. The lowest BCUT2D eigenvalue weighted by molar-refractivity contribution is -0.137. The van der Waals surface area contributed by atoms with Crippen LogP contribution in [0, 0.1) is 11.8 Å². The second-order valence-electron chi connectivity index (χ2n) is 11.8. The Morgan fingerprint density at radius 3 is 2.62 bits per heavy atom. The molecule has 4 aromatic rings. The third-order valence-corrected chi connectivity index (χ3v) is 8.24. The van der Waals surface area contributed by atoms with Gasteiger partial charge in [-0.2, -0.15) is 17.6 Å². The number of rotatable bonds is 10. The summed E-state index contributed by atoms with van der Waals surface area (Å²) in [6, 6.07) is 7.90. The van der Waals surface area contributed by atoms with Crippen molar-refractivity contribution < 1.29 is 36.3 Å². The molecule has 4 heterocycles. The minimum absolute atomic E-state index is 0.0259. The summed E-state index contributed by atoms with van der Waals surface area (Å²) in [6.07, 6.45) is -4.53. The second-order valence-corrected chi connectivity index (χ2v) is 12.9. The van der Waals surface area contributed by atoms with Crippen LogP contribution in [0.2, 0.25) is 0 Å². The standard InChI is InChI=1S/C31H32F5N7O3S/c1-30(2,3)46-29(45)43(10-7-31(34,35)36)17-19-15-39-24(33)14-21(19)20-6-4-5-18-13-23(47-26(18)20)25-22(32)16-40-27(41-25)37-8-11-42-12-9-38-28(42)44/h4-6,13-16H,7-12,17H2,1-3H3,(H,38,44)(H,37,40,41). The first-order valence-corrected chi connectivity index (χ1v) is 15.5. The number of hydrogen-bond donors (Lipinski definition) is 2. The molecule has 1 aliphatic heterocycles. The molecule has 1 fully saturated rings. The molecule has 16 heteroatoms. The van der Waals surface area contributed by atoms with Crippen LogP contribution in [0.1, 0.15) is 32.8 Å². The first kappa shape index (κ1) is 33.8. The summed E-state index contributed by atoms with van der Waals surface area (Å²) < 4.78 is 75.1. The largest absolute Gasteiger partial charge is 0.444 e. The van der Waals surface area contributed by atoms with Crippen LogP contribution in [0.5, 0.6) is 0 Å². The molecule has 0 unspecified atom stereocenters. The summed E-state index contributed by atoms with van der Waals surface area (Å²) in [7, 11) is 0. The van der Waals surface area contributed by atoms with Crippen LogP contribution in [0.15, 0.2) is 42.7 Å². The SMILES string of the molecule is CC(C)(C)OC(=O)N(CCC(F)(F)F)Cc1cnc(F)cc1-c1cccc2cc(-c3nc(NCCN4CCNC4=O)ncc3F)sc12. The Bertz CT molecular complexity index is 1780. The van der Waals surface area contributed by atoms with Crippen molar-refractivity contribution in [2.45, 2.75) is 45.5 Å². The zero-order valence-corrected chi connectivity index (χ0v) is 26.6. The van der Waals surface area contributed by atoms with E-state index < -0.39 is 42.6 Å². The number of amides is 3. The normalized spacial score (nSPS) is 13.6. The van der Waals surface area contributed by atoms with E-state index in [1.165, 1.54) is 17.5 Å². The number of aromatic nitrogens is 3. The molecular weight excluding hydrogens is 645 g/mol. The summed E-state index contributed by atoms with van der Waals surface area (Å²) in [5, 5.41) is 6.40. The van der Waals surface area contributed by atoms with E-state index in [1.54, 1.807) is 49.9 Å². The van der Waals surface area contributed by atoms with Gasteiger partial charge in [0.1, 0.15) is 11.3 Å². The van der Waals surface area contributed by atoms with Gasteiger partial charge < -0.3 is 25.2 Å². The predicted molar refractivity (Wildman–Crippen MR) is 167 cm³/mol. The maximum absolute atomic E-state index is 15.0. The number of ether oxygens (including phenoxy) is 1. The summed E-state index contributed by atoms with van der Waals surface area (Å²) in [5.41, 5.74) is 0.151. The Balaban J connectivity index is 1.46. The molecule has 0 spiro atoms. The number of nitrogens with one attached hydrogen (secondary N) is 2. The van der Waals surface area contributed by atoms with Gasteiger partial charge in [0, 0.05) is 55.3 Å². The van der Waals surface area contributed by atoms with Gasteiger partial charge in [-0.25, -0.2) is 28.9 Å².